The molecule has 1 saturated heterocycles. The summed E-state index contributed by atoms with van der Waals surface area (Å²) in [5.74, 6) is -0.749. The van der Waals surface area contributed by atoms with Gasteiger partial charge in [0.2, 0.25) is 5.91 Å². The molecule has 5 nitrogen and oxygen atoms in total. The number of carboxylic acids is 1. The van der Waals surface area contributed by atoms with E-state index in [9.17, 15) is 9.59 Å². The second-order valence-corrected chi connectivity index (χ2v) is 4.67. The van der Waals surface area contributed by atoms with Gasteiger partial charge in [0, 0.05) is 19.5 Å². The highest BCUT2D eigenvalue weighted by Crippen LogP contribution is 2.30. The number of amides is 1. The molecular weight excluding hydrogens is 220 g/mol. The summed E-state index contributed by atoms with van der Waals surface area (Å²) in [4.78, 5) is 22.4. The third-order valence-corrected chi connectivity index (χ3v) is 3.48. The second-order valence-electron chi connectivity index (χ2n) is 4.67. The fourth-order valence-electron chi connectivity index (χ4n) is 2.25. The molecule has 0 aliphatic carbocycles. The Hall–Kier alpha value is -1.10. The van der Waals surface area contributed by atoms with Crippen LogP contribution in [0.1, 0.15) is 39.0 Å². The smallest absolute Gasteiger partial charge is 0.303 e. The van der Waals surface area contributed by atoms with Crippen molar-refractivity contribution in [1.29, 1.82) is 0 Å². The quantitative estimate of drug-likeness (QED) is 0.600. The van der Waals surface area contributed by atoms with Crippen LogP contribution in [-0.2, 0) is 9.59 Å². The first-order valence-electron chi connectivity index (χ1n) is 6.31. The van der Waals surface area contributed by atoms with Gasteiger partial charge in [-0.15, -0.1) is 0 Å². The molecule has 0 radical (unpaired) electrons. The normalized spacial score (nSPS) is 24.3. The Morgan fingerprint density at radius 2 is 2.24 bits per heavy atom. The lowest BCUT2D eigenvalue weighted by atomic mass is 9.77. The zero-order chi connectivity index (χ0) is 12.7. The molecule has 1 heterocycles. The lowest BCUT2D eigenvalue weighted by Gasteiger charge is -2.35. The van der Waals surface area contributed by atoms with Crippen LogP contribution in [0.4, 0.5) is 0 Å². The largest absolute Gasteiger partial charge is 0.481 e. The van der Waals surface area contributed by atoms with E-state index < -0.39 is 5.97 Å². The van der Waals surface area contributed by atoms with Gasteiger partial charge >= 0.3 is 5.97 Å². The van der Waals surface area contributed by atoms with Crippen molar-refractivity contribution in [3.05, 3.63) is 0 Å². The summed E-state index contributed by atoms with van der Waals surface area (Å²) in [7, 11) is 0. The Morgan fingerprint density at radius 3 is 2.76 bits per heavy atom. The van der Waals surface area contributed by atoms with Crippen molar-refractivity contribution in [2.24, 2.45) is 5.41 Å². The number of carbonyl (C=O) groups is 2. The average molecular weight is 242 g/mol. The average Bonchev–Trinajstić information content (AvgIpc) is 2.35. The van der Waals surface area contributed by atoms with Gasteiger partial charge in [-0.3, -0.25) is 9.59 Å². The maximum absolute atomic E-state index is 12.1. The van der Waals surface area contributed by atoms with Crippen LogP contribution >= 0.6 is 0 Å². The van der Waals surface area contributed by atoms with Crippen LogP contribution < -0.4 is 10.6 Å². The van der Waals surface area contributed by atoms with Crippen LogP contribution in [0.5, 0.6) is 0 Å². The highest BCUT2D eigenvalue weighted by atomic mass is 16.4. The molecule has 1 aliphatic heterocycles. The van der Waals surface area contributed by atoms with E-state index in [1.54, 1.807) is 0 Å². The van der Waals surface area contributed by atoms with Crippen LogP contribution in [0, 0.1) is 5.41 Å². The minimum absolute atomic E-state index is 0.0672. The summed E-state index contributed by atoms with van der Waals surface area (Å²) in [6.45, 7) is 4.19. The zero-order valence-electron chi connectivity index (χ0n) is 10.4. The zero-order valence-corrected chi connectivity index (χ0v) is 10.4. The molecule has 1 fully saturated rings. The minimum Gasteiger partial charge on any atom is -0.481 e. The summed E-state index contributed by atoms with van der Waals surface area (Å²) in [6.07, 6.45) is 3.37. The standard InChI is InChI=1S/C12H22N2O3/c1-2-12(6-4-7-13-9-12)11(17)14-8-3-5-10(15)16/h13H,2-9H2,1H3,(H,14,17)(H,15,16). The number of carboxylic acid groups (broad SMARTS) is 1. The number of piperidine rings is 1. The molecule has 5 heteroatoms. The van der Waals surface area contributed by atoms with Crippen molar-refractivity contribution in [3.63, 3.8) is 0 Å². The van der Waals surface area contributed by atoms with Crippen LogP contribution in [-0.4, -0.2) is 36.6 Å². The first-order valence-corrected chi connectivity index (χ1v) is 6.31. The third-order valence-electron chi connectivity index (χ3n) is 3.48. The maximum Gasteiger partial charge on any atom is 0.303 e. The van der Waals surface area contributed by atoms with Crippen molar-refractivity contribution in [3.8, 4) is 0 Å². The van der Waals surface area contributed by atoms with E-state index in [1.807, 2.05) is 6.92 Å². The van der Waals surface area contributed by atoms with E-state index in [1.165, 1.54) is 0 Å². The first kappa shape index (κ1) is 14.0. The highest BCUT2D eigenvalue weighted by molar-refractivity contribution is 5.83. The molecule has 0 aromatic carbocycles. The van der Waals surface area contributed by atoms with E-state index in [-0.39, 0.29) is 17.7 Å². The topological polar surface area (TPSA) is 78.4 Å². The molecule has 3 N–H and O–H groups in total. The summed E-state index contributed by atoms with van der Waals surface area (Å²) in [5.41, 5.74) is -0.290. The van der Waals surface area contributed by atoms with Gasteiger partial charge in [-0.05, 0) is 32.2 Å². The van der Waals surface area contributed by atoms with E-state index in [2.05, 4.69) is 10.6 Å². The SMILES string of the molecule is CCC1(C(=O)NCCCC(=O)O)CCCNC1. The van der Waals surface area contributed by atoms with Crippen molar-refractivity contribution in [1.82, 2.24) is 10.6 Å². The molecule has 1 aliphatic rings. The lowest BCUT2D eigenvalue weighted by Crippen LogP contribution is -2.50. The molecule has 0 spiro atoms. The molecule has 1 atom stereocenters. The van der Waals surface area contributed by atoms with Gasteiger partial charge in [0.1, 0.15) is 0 Å². The number of nitrogens with one attached hydrogen (secondary N) is 2. The van der Waals surface area contributed by atoms with Crippen LogP contribution in [0.25, 0.3) is 0 Å². The Bertz CT molecular complexity index is 273. The van der Waals surface area contributed by atoms with Gasteiger partial charge in [0.05, 0.1) is 5.41 Å². The predicted octanol–water partition coefficient (Wildman–Crippen LogP) is 0.747. The fraction of sp³-hybridized carbons (Fsp3) is 0.833. The number of carbonyl (C=O) groups excluding carboxylic acids is 1. The molecule has 0 aromatic heterocycles. The Balaban J connectivity index is 2.36. The van der Waals surface area contributed by atoms with Gasteiger partial charge in [-0.2, -0.15) is 0 Å². The van der Waals surface area contributed by atoms with Gasteiger partial charge in [-0.1, -0.05) is 6.92 Å². The number of rotatable bonds is 6. The highest BCUT2D eigenvalue weighted by Gasteiger charge is 2.37. The summed E-state index contributed by atoms with van der Waals surface area (Å²) >= 11 is 0. The van der Waals surface area contributed by atoms with E-state index in [0.717, 1.165) is 32.4 Å². The van der Waals surface area contributed by atoms with Gasteiger partial charge in [0.15, 0.2) is 0 Å². The Kier molecular flexibility index (Phi) is 5.41. The first-order chi connectivity index (χ1) is 8.10. The monoisotopic (exact) mass is 242 g/mol. The summed E-state index contributed by atoms with van der Waals surface area (Å²) in [5, 5.41) is 14.6. The number of aliphatic carboxylic acids is 1. The third kappa shape index (κ3) is 4.00. The van der Waals surface area contributed by atoms with E-state index >= 15 is 0 Å². The van der Waals surface area contributed by atoms with Crippen molar-refractivity contribution < 1.29 is 14.7 Å². The number of hydrogen-bond acceptors (Lipinski definition) is 3. The fourth-order valence-corrected chi connectivity index (χ4v) is 2.25. The lowest BCUT2D eigenvalue weighted by molar-refractivity contribution is -0.137. The molecule has 1 amide bonds. The predicted molar refractivity (Wildman–Crippen MR) is 64.7 cm³/mol. The van der Waals surface area contributed by atoms with Crippen molar-refractivity contribution in [2.45, 2.75) is 39.0 Å². The molecule has 1 unspecified atom stereocenters. The van der Waals surface area contributed by atoms with Crippen molar-refractivity contribution >= 4 is 11.9 Å². The molecule has 0 saturated carbocycles. The summed E-state index contributed by atoms with van der Waals surface area (Å²) in [6, 6.07) is 0. The second kappa shape index (κ2) is 6.59. The van der Waals surface area contributed by atoms with Gasteiger partial charge in [-0.25, -0.2) is 0 Å². The van der Waals surface area contributed by atoms with Gasteiger partial charge in [0.25, 0.3) is 0 Å². The molecule has 0 bridgehead atoms. The van der Waals surface area contributed by atoms with Crippen LogP contribution in [0.2, 0.25) is 0 Å². The molecule has 17 heavy (non-hydrogen) atoms. The maximum atomic E-state index is 12.1. The molecule has 0 aromatic rings. The molecule has 1 rings (SSSR count). The van der Waals surface area contributed by atoms with Crippen molar-refractivity contribution in [2.75, 3.05) is 19.6 Å². The number of hydrogen-bond donors (Lipinski definition) is 3. The van der Waals surface area contributed by atoms with Gasteiger partial charge < -0.3 is 15.7 Å². The Morgan fingerprint density at radius 1 is 1.47 bits per heavy atom. The van der Waals surface area contributed by atoms with E-state index in [0.29, 0.717) is 13.0 Å². The minimum atomic E-state index is -0.816. The Labute approximate surface area is 102 Å². The molecule has 98 valence electrons. The van der Waals surface area contributed by atoms with Crippen LogP contribution in [0.15, 0.2) is 0 Å². The summed E-state index contributed by atoms with van der Waals surface area (Å²) < 4.78 is 0. The van der Waals surface area contributed by atoms with Crippen LogP contribution in [0.3, 0.4) is 0 Å². The molecular formula is C12H22N2O3. The van der Waals surface area contributed by atoms with E-state index in [4.69, 9.17) is 5.11 Å².